The van der Waals surface area contributed by atoms with Crippen molar-refractivity contribution < 1.29 is 0 Å². The van der Waals surface area contributed by atoms with Gasteiger partial charge in [0.15, 0.2) is 34.9 Å². The molecule has 0 unspecified atom stereocenters. The molecular formula is C135H88N12S3. The Morgan fingerprint density at radius 1 is 0.167 bits per heavy atom. The molecule has 0 fully saturated rings. The monoisotopic (exact) mass is 1970 g/mol. The molecule has 706 valence electrons. The highest BCUT2D eigenvalue weighted by molar-refractivity contribution is 7.27. The van der Waals surface area contributed by atoms with Gasteiger partial charge in [-0.25, -0.2) is 15.0 Å². The van der Waals surface area contributed by atoms with E-state index in [2.05, 4.69) is 454 Å². The number of benzene rings is 20. The zero-order chi connectivity index (χ0) is 99.6. The highest BCUT2D eigenvalue weighted by Crippen LogP contribution is 2.54. The van der Waals surface area contributed by atoms with E-state index in [-0.39, 0.29) is 10.8 Å². The molecule has 12 nitrogen and oxygen atoms in total. The van der Waals surface area contributed by atoms with Gasteiger partial charge in [-0.05, 0) is 145 Å². The topological polar surface area (TPSA) is 131 Å². The molecule has 150 heavy (non-hydrogen) atoms. The molecule has 2 aliphatic carbocycles. The van der Waals surface area contributed by atoms with Gasteiger partial charge < -0.3 is 0 Å². The van der Waals surface area contributed by atoms with E-state index in [9.17, 15) is 0 Å². The summed E-state index contributed by atoms with van der Waals surface area (Å²) in [6.45, 7) is 9.29. The van der Waals surface area contributed by atoms with Crippen molar-refractivity contribution in [1.82, 2.24) is 58.6 Å². The van der Waals surface area contributed by atoms with Crippen LogP contribution in [0.3, 0.4) is 0 Å². The summed E-state index contributed by atoms with van der Waals surface area (Å²) < 4.78 is 14.4. The van der Waals surface area contributed by atoms with Crippen LogP contribution in [-0.2, 0) is 10.8 Å². The predicted octanol–water partition coefficient (Wildman–Crippen LogP) is 35.6. The van der Waals surface area contributed by atoms with Crippen LogP contribution in [0.5, 0.6) is 0 Å². The Balaban J connectivity index is 0.000000106. The summed E-state index contributed by atoms with van der Waals surface area (Å²) >= 11 is 5.55. The van der Waals surface area contributed by atoms with Gasteiger partial charge in [0.1, 0.15) is 0 Å². The van der Waals surface area contributed by atoms with Crippen LogP contribution in [0.1, 0.15) is 49.9 Å². The summed E-state index contributed by atoms with van der Waals surface area (Å²) in [6.07, 6.45) is 0. The zero-order valence-electron chi connectivity index (χ0n) is 82.0. The van der Waals surface area contributed by atoms with Gasteiger partial charge in [0.2, 0.25) is 17.8 Å². The van der Waals surface area contributed by atoms with Crippen molar-refractivity contribution in [2.75, 3.05) is 0 Å². The fraction of sp³-hybridized carbons (Fsp3) is 0.0444. The van der Waals surface area contributed by atoms with Gasteiger partial charge in [-0.1, -0.05) is 422 Å². The molecule has 0 aliphatic heterocycles. The summed E-state index contributed by atoms with van der Waals surface area (Å²) in [6, 6.07) is 163. The fourth-order valence-electron chi connectivity index (χ4n) is 23.1. The van der Waals surface area contributed by atoms with Gasteiger partial charge in [-0.3, -0.25) is 13.7 Å². The first kappa shape index (κ1) is 88.0. The number of rotatable bonds is 12. The van der Waals surface area contributed by atoms with Gasteiger partial charge in [0.25, 0.3) is 0 Å². The molecule has 20 aromatic carbocycles. The molecule has 9 aromatic heterocycles. The van der Waals surface area contributed by atoms with Crippen molar-refractivity contribution in [2.45, 2.75) is 38.5 Å². The van der Waals surface area contributed by atoms with Crippen LogP contribution in [-0.4, -0.2) is 58.6 Å². The van der Waals surface area contributed by atoms with Gasteiger partial charge in [-0.2, -0.15) is 29.9 Å². The van der Waals surface area contributed by atoms with Gasteiger partial charge in [0.05, 0.1) is 33.1 Å². The van der Waals surface area contributed by atoms with Crippen molar-refractivity contribution in [3.05, 3.63) is 483 Å². The lowest BCUT2D eigenvalue weighted by molar-refractivity contribution is 0.660. The molecule has 15 heteroatoms. The first-order valence-corrected chi connectivity index (χ1v) is 53.1. The van der Waals surface area contributed by atoms with Crippen molar-refractivity contribution in [3.8, 4) is 142 Å². The second-order valence-electron chi connectivity index (χ2n) is 39.8. The minimum atomic E-state index is -0.149. The van der Waals surface area contributed by atoms with Crippen LogP contribution in [0.2, 0.25) is 0 Å². The average molecular weight is 1970 g/mol. The van der Waals surface area contributed by atoms with Crippen LogP contribution in [0.4, 0.5) is 0 Å². The van der Waals surface area contributed by atoms with Crippen molar-refractivity contribution in [2.24, 2.45) is 0 Å². The molecule has 0 radical (unpaired) electrons. The first-order valence-electron chi connectivity index (χ1n) is 50.7. The van der Waals surface area contributed by atoms with Gasteiger partial charge in [-0.15, -0.1) is 34.0 Å². The van der Waals surface area contributed by atoms with E-state index >= 15 is 0 Å². The smallest absolute Gasteiger partial charge is 0.238 e. The quantitative estimate of drug-likeness (QED) is 0.117. The van der Waals surface area contributed by atoms with Crippen LogP contribution in [0.25, 0.3) is 268 Å². The molecule has 0 bridgehead atoms. The third-order valence-electron chi connectivity index (χ3n) is 30.5. The van der Waals surface area contributed by atoms with Crippen LogP contribution in [0.15, 0.2) is 461 Å². The molecule has 0 saturated heterocycles. The van der Waals surface area contributed by atoms with E-state index in [1.165, 1.54) is 154 Å². The maximum absolute atomic E-state index is 5.39. The number of nitrogens with zero attached hydrogens (tertiary/aromatic N) is 12. The summed E-state index contributed by atoms with van der Waals surface area (Å²) in [5, 5.41) is 15.0. The number of fused-ring (bicyclic) bond motifs is 27. The Kier molecular flexibility index (Phi) is 20.6. The van der Waals surface area contributed by atoms with E-state index in [0.717, 1.165) is 83.2 Å². The standard InChI is InChI=1S/C51H36N4S.C45H28N4S.C39H24N4S/c1-50(2)38-17-9-5-13-31(38)33-23-21-29(27-40(33)50)47-52-48(30-22-24-34-32-14-6-10-18-39(32)51(3,4)41(34)28-30)54-49(53-47)55-42-19-11-7-16-37(42)45-43(55)26-25-36-35-15-8-12-20-44(35)56-46(36)45;1-3-11-29(12-4-1)31-19-23-33(24-20-31)43-46-44(34-25-21-32(22-26-34)30-13-5-2-6-14-30)48-45(47-43)49-38-17-9-7-16-37(38)41-39(49)28-27-36-35-15-8-10-18-40(35)50-42(36)41;1-3-11-25(12-4-1)26-19-21-28(22-20-26)38-40-37(27-13-5-2-6-14-27)41-39(42-38)43-32-17-9-7-16-31(32)35-33(43)24-23-30-29-15-8-10-18-34(29)44-36(30)35/h5-28H,1-4H3;1-28H;1-24H. The third-order valence-corrected chi connectivity index (χ3v) is 34.1. The van der Waals surface area contributed by atoms with Crippen LogP contribution < -0.4 is 0 Å². The van der Waals surface area contributed by atoms with E-state index in [0.29, 0.717) is 52.8 Å². The molecule has 29 aromatic rings. The fourth-order valence-corrected chi connectivity index (χ4v) is 26.9. The van der Waals surface area contributed by atoms with Gasteiger partial charge in [0, 0.05) is 137 Å². The van der Waals surface area contributed by atoms with E-state index in [1.54, 1.807) is 0 Å². The molecule has 0 atom stereocenters. The second-order valence-corrected chi connectivity index (χ2v) is 42.9. The molecule has 9 heterocycles. The summed E-state index contributed by atoms with van der Waals surface area (Å²) in [7, 11) is 0. The van der Waals surface area contributed by atoms with Gasteiger partial charge >= 0.3 is 0 Å². The van der Waals surface area contributed by atoms with Crippen molar-refractivity contribution in [1.29, 1.82) is 0 Å². The molecule has 0 amide bonds. The molecule has 0 saturated carbocycles. The van der Waals surface area contributed by atoms with E-state index in [4.69, 9.17) is 44.9 Å². The maximum atomic E-state index is 5.39. The lowest BCUT2D eigenvalue weighted by Gasteiger charge is -2.22. The maximum Gasteiger partial charge on any atom is 0.238 e. The Morgan fingerprint density at radius 2 is 0.393 bits per heavy atom. The Bertz CT molecular complexity index is 10300. The Labute approximate surface area is 875 Å². The molecule has 31 rings (SSSR count). The third kappa shape index (κ3) is 14.5. The predicted molar refractivity (Wildman–Crippen MR) is 625 cm³/mol. The lowest BCUT2D eigenvalue weighted by atomic mass is 9.82. The second kappa shape index (κ2) is 35.2. The van der Waals surface area contributed by atoms with Crippen LogP contribution >= 0.6 is 34.0 Å². The summed E-state index contributed by atoms with van der Waals surface area (Å²) in [5.41, 5.74) is 29.3. The highest BCUT2D eigenvalue weighted by Gasteiger charge is 2.38. The molecular weight excluding hydrogens is 1890 g/mol. The minimum absolute atomic E-state index is 0.149. The number of aromatic nitrogens is 12. The molecule has 0 N–H and O–H groups in total. The number of hydrogen-bond donors (Lipinski definition) is 0. The van der Waals surface area contributed by atoms with E-state index < -0.39 is 0 Å². The average Bonchev–Trinajstić information content (AvgIpc) is 1.56. The van der Waals surface area contributed by atoms with E-state index in [1.807, 2.05) is 82.5 Å². The lowest BCUT2D eigenvalue weighted by Crippen LogP contribution is -2.15. The van der Waals surface area contributed by atoms with Crippen LogP contribution in [0, 0.1) is 0 Å². The first-order chi connectivity index (χ1) is 73.9. The molecule has 0 spiro atoms. The summed E-state index contributed by atoms with van der Waals surface area (Å²) in [4.78, 5) is 46.9. The SMILES string of the molecule is CC1(C)c2ccccc2-c2ccc(-c3nc(-c4ccc5c(c4)C(C)(C)c4ccccc4-5)nc(-n4c5ccccc5c5c6sc7ccccc7c6ccc54)n3)cc21.c1ccc(-c2ccc(-c3nc(-c4ccc(-c5ccccc5)cc4)nc(-n4c5ccccc5c5c6sc7ccccc7c6ccc54)n3)cc2)cc1.c1ccc(-c2ccc(-c3nc(-c4ccccc4)nc(-n4c5ccccc5c5c6sc7ccccc7c6ccc54)n3)cc2)cc1. The van der Waals surface area contributed by atoms with Crippen molar-refractivity contribution >= 4 is 160 Å². The largest absolute Gasteiger partial charge is 0.278 e. The Hall–Kier alpha value is -18.5. The number of hydrogen-bond acceptors (Lipinski definition) is 12. The Morgan fingerprint density at radius 3 is 0.707 bits per heavy atom. The molecule has 2 aliphatic rings. The minimum Gasteiger partial charge on any atom is -0.278 e. The van der Waals surface area contributed by atoms with Crippen molar-refractivity contribution in [3.63, 3.8) is 0 Å². The number of para-hydroxylation sites is 3. The number of thiophene rings is 3. The highest BCUT2D eigenvalue weighted by atomic mass is 32.1. The zero-order valence-corrected chi connectivity index (χ0v) is 84.4. The normalized spacial score (nSPS) is 12.8. The summed E-state index contributed by atoms with van der Waals surface area (Å²) in [5.74, 6) is 5.68.